The minimum atomic E-state index is -0.0880. The third kappa shape index (κ3) is 2.31. The van der Waals surface area contributed by atoms with Crippen molar-refractivity contribution < 1.29 is 9.59 Å². The molecule has 0 bridgehead atoms. The van der Waals surface area contributed by atoms with Gasteiger partial charge in [0.2, 0.25) is 0 Å². The van der Waals surface area contributed by atoms with Crippen molar-refractivity contribution >= 4 is 11.6 Å². The van der Waals surface area contributed by atoms with Gasteiger partial charge in [-0.05, 0) is 24.8 Å². The normalized spacial score (nSPS) is 27.8. The Hall–Kier alpha value is -0.920. The Morgan fingerprint density at radius 2 is 2.14 bits per heavy atom. The monoisotopic (exact) mass is 194 g/mol. The summed E-state index contributed by atoms with van der Waals surface area (Å²) in [4.78, 5) is 23.0. The van der Waals surface area contributed by atoms with Crippen LogP contribution in [0.15, 0.2) is 12.7 Å². The van der Waals surface area contributed by atoms with Crippen molar-refractivity contribution in [2.24, 2.45) is 17.8 Å². The molecule has 2 nitrogen and oxygen atoms in total. The zero-order valence-electron chi connectivity index (χ0n) is 8.95. The summed E-state index contributed by atoms with van der Waals surface area (Å²) >= 11 is 0. The Morgan fingerprint density at radius 3 is 2.57 bits per heavy atom. The quantitative estimate of drug-likeness (QED) is 0.646. The van der Waals surface area contributed by atoms with E-state index in [4.69, 9.17) is 0 Å². The molecule has 0 heterocycles. The summed E-state index contributed by atoms with van der Waals surface area (Å²) in [5, 5.41) is 0. The molecule has 1 saturated carbocycles. The van der Waals surface area contributed by atoms with E-state index in [0.29, 0.717) is 12.3 Å². The predicted octanol–water partition coefficient (Wildman–Crippen LogP) is 2.38. The fraction of sp³-hybridized carbons (Fsp3) is 0.667. The van der Waals surface area contributed by atoms with Crippen LogP contribution in [-0.2, 0) is 9.59 Å². The Labute approximate surface area is 85.4 Å². The van der Waals surface area contributed by atoms with Crippen LogP contribution in [0.1, 0.15) is 33.1 Å². The van der Waals surface area contributed by atoms with E-state index >= 15 is 0 Å². The van der Waals surface area contributed by atoms with Gasteiger partial charge < -0.3 is 0 Å². The topological polar surface area (TPSA) is 34.1 Å². The number of allylic oxidation sites excluding steroid dienone is 1. The van der Waals surface area contributed by atoms with Crippen LogP contribution in [0.25, 0.3) is 0 Å². The van der Waals surface area contributed by atoms with Crippen LogP contribution in [0.3, 0.4) is 0 Å². The first kappa shape index (κ1) is 11.2. The second-order valence-corrected chi connectivity index (χ2v) is 4.40. The van der Waals surface area contributed by atoms with Gasteiger partial charge in [-0.1, -0.05) is 20.4 Å². The van der Waals surface area contributed by atoms with Gasteiger partial charge in [0, 0.05) is 18.3 Å². The highest BCUT2D eigenvalue weighted by Gasteiger charge is 2.32. The van der Waals surface area contributed by atoms with Crippen molar-refractivity contribution in [3.8, 4) is 0 Å². The summed E-state index contributed by atoms with van der Waals surface area (Å²) in [6, 6.07) is 0. The number of carbonyl (C=O) groups excluding carboxylic acids is 2. The Balaban J connectivity index is 2.59. The molecule has 0 saturated heterocycles. The van der Waals surface area contributed by atoms with E-state index in [0.717, 1.165) is 12.8 Å². The summed E-state index contributed by atoms with van der Waals surface area (Å²) in [5.74, 6) is 0.771. The van der Waals surface area contributed by atoms with Crippen molar-refractivity contribution in [3.63, 3.8) is 0 Å². The predicted molar refractivity (Wildman–Crippen MR) is 55.9 cm³/mol. The zero-order chi connectivity index (χ0) is 10.7. The van der Waals surface area contributed by atoms with Crippen molar-refractivity contribution in [2.45, 2.75) is 33.1 Å². The Bertz CT molecular complexity index is 253. The molecule has 2 atom stereocenters. The molecule has 0 aromatic carbocycles. The van der Waals surface area contributed by atoms with Crippen LogP contribution in [0.5, 0.6) is 0 Å². The smallest absolute Gasteiger partial charge is 0.158 e. The summed E-state index contributed by atoms with van der Waals surface area (Å²) in [5.41, 5.74) is 0. The lowest BCUT2D eigenvalue weighted by Gasteiger charge is -2.28. The van der Waals surface area contributed by atoms with Crippen molar-refractivity contribution in [1.29, 1.82) is 0 Å². The minimum Gasteiger partial charge on any atom is -0.299 e. The molecule has 1 rings (SSSR count). The van der Waals surface area contributed by atoms with Gasteiger partial charge in [-0.2, -0.15) is 0 Å². The molecule has 0 aromatic heterocycles. The highest BCUT2D eigenvalue weighted by Crippen LogP contribution is 2.31. The maximum atomic E-state index is 11.7. The number of ketones is 2. The molecular formula is C12H18O2. The van der Waals surface area contributed by atoms with Crippen LogP contribution in [-0.4, -0.2) is 11.6 Å². The van der Waals surface area contributed by atoms with Crippen LogP contribution >= 0.6 is 0 Å². The highest BCUT2D eigenvalue weighted by molar-refractivity contribution is 5.95. The lowest BCUT2D eigenvalue weighted by atomic mass is 9.75. The maximum Gasteiger partial charge on any atom is 0.158 e. The highest BCUT2D eigenvalue weighted by atomic mass is 16.1. The van der Waals surface area contributed by atoms with E-state index in [9.17, 15) is 9.59 Å². The van der Waals surface area contributed by atoms with Crippen molar-refractivity contribution in [3.05, 3.63) is 12.7 Å². The van der Waals surface area contributed by atoms with Crippen LogP contribution in [0.2, 0.25) is 0 Å². The van der Waals surface area contributed by atoms with Gasteiger partial charge in [-0.3, -0.25) is 9.59 Å². The first-order valence-corrected chi connectivity index (χ1v) is 5.25. The largest absolute Gasteiger partial charge is 0.299 e. The molecule has 0 spiro atoms. The van der Waals surface area contributed by atoms with E-state index in [-0.39, 0.29) is 23.4 Å². The number of Topliss-reactive ketones (excluding diaryl/α,β-unsaturated/α-hetero) is 1. The molecule has 0 aliphatic heterocycles. The number of carbonyl (C=O) groups is 2. The molecule has 0 aromatic rings. The molecule has 0 N–H and O–H groups in total. The van der Waals surface area contributed by atoms with E-state index in [2.05, 4.69) is 20.4 Å². The van der Waals surface area contributed by atoms with Gasteiger partial charge in [0.15, 0.2) is 5.78 Å². The van der Waals surface area contributed by atoms with Gasteiger partial charge in [0.25, 0.3) is 0 Å². The molecule has 2 unspecified atom stereocenters. The fourth-order valence-corrected chi connectivity index (χ4v) is 2.15. The number of hydrogen-bond acceptors (Lipinski definition) is 2. The third-order valence-corrected chi connectivity index (χ3v) is 3.10. The summed E-state index contributed by atoms with van der Waals surface area (Å²) in [6.07, 6.45) is 3.47. The van der Waals surface area contributed by atoms with Crippen LogP contribution in [0.4, 0.5) is 0 Å². The average molecular weight is 194 g/mol. The van der Waals surface area contributed by atoms with E-state index in [1.54, 1.807) is 0 Å². The van der Waals surface area contributed by atoms with E-state index in [1.807, 2.05) is 0 Å². The van der Waals surface area contributed by atoms with E-state index < -0.39 is 0 Å². The van der Waals surface area contributed by atoms with Crippen LogP contribution in [0, 0.1) is 17.8 Å². The Morgan fingerprint density at radius 1 is 1.50 bits per heavy atom. The standard InChI is InChI=1S/C12H18O2/c1-4-11(13)9-5-6-10(8(2)3)12(14)7-9/h4,8-10H,1,5-7H2,2-3H3. The molecule has 1 aliphatic rings. The Kier molecular flexibility index (Phi) is 3.62. The molecule has 1 aliphatic carbocycles. The lowest BCUT2D eigenvalue weighted by molar-refractivity contribution is -0.132. The summed E-state index contributed by atoms with van der Waals surface area (Å²) in [6.45, 7) is 7.59. The summed E-state index contributed by atoms with van der Waals surface area (Å²) < 4.78 is 0. The second kappa shape index (κ2) is 4.54. The van der Waals surface area contributed by atoms with Gasteiger partial charge in [-0.25, -0.2) is 0 Å². The lowest BCUT2D eigenvalue weighted by Crippen LogP contribution is -2.31. The number of rotatable bonds is 3. The molecule has 0 amide bonds. The fourth-order valence-electron chi connectivity index (χ4n) is 2.15. The maximum absolute atomic E-state index is 11.7. The summed E-state index contributed by atoms with van der Waals surface area (Å²) in [7, 11) is 0. The third-order valence-electron chi connectivity index (χ3n) is 3.10. The van der Waals surface area contributed by atoms with Gasteiger partial charge in [-0.15, -0.1) is 0 Å². The number of hydrogen-bond donors (Lipinski definition) is 0. The molecule has 2 heteroatoms. The first-order chi connectivity index (χ1) is 6.56. The SMILES string of the molecule is C=CC(=O)C1CCC(C(C)C)C(=O)C1. The molecule has 78 valence electrons. The van der Waals surface area contributed by atoms with Gasteiger partial charge in [0.05, 0.1) is 0 Å². The minimum absolute atomic E-state index is 0.0283. The zero-order valence-corrected chi connectivity index (χ0v) is 8.95. The second-order valence-electron chi connectivity index (χ2n) is 4.40. The molecular weight excluding hydrogens is 176 g/mol. The van der Waals surface area contributed by atoms with E-state index in [1.165, 1.54) is 6.08 Å². The average Bonchev–Trinajstić information content (AvgIpc) is 2.15. The van der Waals surface area contributed by atoms with Crippen molar-refractivity contribution in [1.82, 2.24) is 0 Å². The molecule has 0 radical (unpaired) electrons. The molecule has 14 heavy (non-hydrogen) atoms. The van der Waals surface area contributed by atoms with Gasteiger partial charge >= 0.3 is 0 Å². The van der Waals surface area contributed by atoms with Gasteiger partial charge in [0.1, 0.15) is 5.78 Å². The van der Waals surface area contributed by atoms with Crippen LogP contribution < -0.4 is 0 Å². The first-order valence-electron chi connectivity index (χ1n) is 5.25. The molecule has 1 fully saturated rings. The van der Waals surface area contributed by atoms with Crippen molar-refractivity contribution in [2.75, 3.05) is 0 Å².